The number of carbonyl (C=O) groups excluding carboxylic acids is 1. The monoisotopic (exact) mass is 362 g/mol. The third-order valence-corrected chi connectivity index (χ3v) is 3.37. The molecule has 25 heavy (non-hydrogen) atoms. The number of halogens is 6. The minimum absolute atomic E-state index is 0.241. The lowest BCUT2D eigenvalue weighted by Crippen LogP contribution is -2.14. The Morgan fingerprint density at radius 2 is 1.64 bits per heavy atom. The fourth-order valence-electron chi connectivity index (χ4n) is 2.21. The van der Waals surface area contributed by atoms with Crippen LogP contribution in [0.1, 0.15) is 27.0 Å². The average molecular weight is 362 g/mol. The molecule has 0 aromatic heterocycles. The molecule has 2 nitrogen and oxygen atoms in total. The lowest BCUT2D eigenvalue weighted by molar-refractivity contribution is -0.141. The highest BCUT2D eigenvalue weighted by Crippen LogP contribution is 2.36. The van der Waals surface area contributed by atoms with Gasteiger partial charge in [-0.05, 0) is 35.9 Å². The van der Waals surface area contributed by atoms with Crippen molar-refractivity contribution in [2.24, 2.45) is 0 Å². The summed E-state index contributed by atoms with van der Waals surface area (Å²) in [6, 6.07) is 7.20. The van der Waals surface area contributed by atoms with E-state index in [1.807, 2.05) is 0 Å². The molecule has 0 heterocycles. The van der Waals surface area contributed by atoms with Crippen molar-refractivity contribution in [3.8, 4) is 5.75 Å². The van der Waals surface area contributed by atoms with E-state index in [2.05, 4.69) is 0 Å². The van der Waals surface area contributed by atoms with Crippen molar-refractivity contribution in [1.29, 1.82) is 0 Å². The Hall–Kier alpha value is -2.51. The lowest BCUT2D eigenvalue weighted by Gasteiger charge is -2.16. The standard InChI is InChI=1S/C17H12F6O2/c18-16(19,20)13-4-5-15(17(21,22)23)12(9-13)6-7-25-14-3-1-2-11(8-14)10-24/h1-5,8-10H,6-7H2. The molecule has 0 bridgehead atoms. The Kier molecular flexibility index (Phi) is 5.39. The Balaban J connectivity index is 2.19. The number of alkyl halides is 6. The molecule has 2 aromatic carbocycles. The molecule has 2 rings (SSSR count). The summed E-state index contributed by atoms with van der Waals surface area (Å²) in [6.07, 6.45) is -9.31. The Labute approximate surface area is 139 Å². The third-order valence-electron chi connectivity index (χ3n) is 3.37. The van der Waals surface area contributed by atoms with Gasteiger partial charge in [0.2, 0.25) is 0 Å². The van der Waals surface area contributed by atoms with Crippen molar-refractivity contribution in [2.75, 3.05) is 6.61 Å². The SMILES string of the molecule is O=Cc1cccc(OCCc2cc(C(F)(F)F)ccc2C(F)(F)F)c1. The van der Waals surface area contributed by atoms with Crippen LogP contribution in [0.3, 0.4) is 0 Å². The van der Waals surface area contributed by atoms with E-state index < -0.39 is 29.0 Å². The van der Waals surface area contributed by atoms with Gasteiger partial charge in [-0.1, -0.05) is 12.1 Å². The third kappa shape index (κ3) is 4.98. The molecule has 0 aliphatic carbocycles. The molecule has 0 saturated carbocycles. The van der Waals surface area contributed by atoms with E-state index in [9.17, 15) is 31.1 Å². The summed E-state index contributed by atoms with van der Waals surface area (Å²) in [5.41, 5.74) is -2.48. The number of ether oxygens (including phenoxy) is 1. The predicted octanol–water partition coefficient (Wildman–Crippen LogP) is 5.16. The first-order valence-corrected chi connectivity index (χ1v) is 7.06. The molecule has 8 heteroatoms. The van der Waals surface area contributed by atoms with Crippen LogP contribution in [0.15, 0.2) is 42.5 Å². The van der Waals surface area contributed by atoms with Crippen molar-refractivity contribution >= 4 is 6.29 Å². The maximum atomic E-state index is 13.0. The van der Waals surface area contributed by atoms with E-state index in [1.165, 1.54) is 24.3 Å². The number of benzene rings is 2. The van der Waals surface area contributed by atoms with Crippen molar-refractivity contribution in [3.05, 3.63) is 64.7 Å². The number of carbonyl (C=O) groups is 1. The fourth-order valence-corrected chi connectivity index (χ4v) is 2.21. The molecule has 134 valence electrons. The normalized spacial score (nSPS) is 12.1. The number of aldehydes is 1. The van der Waals surface area contributed by atoms with E-state index in [0.717, 1.165) is 0 Å². The van der Waals surface area contributed by atoms with Crippen LogP contribution in [0.4, 0.5) is 26.3 Å². The maximum absolute atomic E-state index is 13.0. The van der Waals surface area contributed by atoms with E-state index >= 15 is 0 Å². The maximum Gasteiger partial charge on any atom is 0.416 e. The molecule has 0 amide bonds. The van der Waals surface area contributed by atoms with Gasteiger partial charge in [-0.2, -0.15) is 26.3 Å². The van der Waals surface area contributed by atoms with Gasteiger partial charge in [0, 0.05) is 12.0 Å². The smallest absolute Gasteiger partial charge is 0.416 e. The Morgan fingerprint density at radius 3 is 2.24 bits per heavy atom. The second-order valence-electron chi connectivity index (χ2n) is 5.16. The topological polar surface area (TPSA) is 26.3 Å². The van der Waals surface area contributed by atoms with Gasteiger partial charge < -0.3 is 4.74 Å². The molecular weight excluding hydrogens is 350 g/mol. The zero-order valence-electron chi connectivity index (χ0n) is 12.6. The second kappa shape index (κ2) is 7.16. The van der Waals surface area contributed by atoms with Gasteiger partial charge in [0.25, 0.3) is 0 Å². The van der Waals surface area contributed by atoms with Crippen LogP contribution in [0.2, 0.25) is 0 Å². The van der Waals surface area contributed by atoms with Gasteiger partial charge in [0.1, 0.15) is 12.0 Å². The van der Waals surface area contributed by atoms with Crippen molar-refractivity contribution in [1.82, 2.24) is 0 Å². The van der Waals surface area contributed by atoms with E-state index in [0.29, 0.717) is 30.0 Å². The molecular formula is C17H12F6O2. The largest absolute Gasteiger partial charge is 0.493 e. The van der Waals surface area contributed by atoms with Crippen molar-refractivity contribution in [3.63, 3.8) is 0 Å². The van der Waals surface area contributed by atoms with E-state index in [4.69, 9.17) is 4.74 Å². The molecule has 0 aliphatic rings. The van der Waals surface area contributed by atoms with Crippen molar-refractivity contribution in [2.45, 2.75) is 18.8 Å². The van der Waals surface area contributed by atoms with Gasteiger partial charge >= 0.3 is 12.4 Å². The highest BCUT2D eigenvalue weighted by Gasteiger charge is 2.36. The zero-order chi connectivity index (χ0) is 18.7. The predicted molar refractivity (Wildman–Crippen MR) is 77.5 cm³/mol. The van der Waals surface area contributed by atoms with Gasteiger partial charge in [0.05, 0.1) is 17.7 Å². The zero-order valence-corrected chi connectivity index (χ0v) is 12.6. The molecule has 0 radical (unpaired) electrons. The van der Waals surface area contributed by atoms with Crippen LogP contribution >= 0.6 is 0 Å². The summed E-state index contributed by atoms with van der Waals surface area (Å²) in [4.78, 5) is 10.7. The molecule has 0 unspecified atom stereocenters. The number of rotatable bonds is 5. The highest BCUT2D eigenvalue weighted by atomic mass is 19.4. The summed E-state index contributed by atoms with van der Waals surface area (Å²) >= 11 is 0. The quantitative estimate of drug-likeness (QED) is 0.543. The summed E-state index contributed by atoms with van der Waals surface area (Å²) in [7, 11) is 0. The van der Waals surface area contributed by atoms with Gasteiger partial charge in [-0.25, -0.2) is 0 Å². The first kappa shape index (κ1) is 18.8. The molecule has 0 fully saturated rings. The number of hydrogen-bond donors (Lipinski definition) is 0. The molecule has 0 aliphatic heterocycles. The highest BCUT2D eigenvalue weighted by molar-refractivity contribution is 5.75. The van der Waals surface area contributed by atoms with Crippen molar-refractivity contribution < 1.29 is 35.9 Å². The summed E-state index contributed by atoms with van der Waals surface area (Å²) in [6.45, 7) is -0.271. The lowest BCUT2D eigenvalue weighted by atomic mass is 10.0. The van der Waals surface area contributed by atoms with E-state index in [-0.39, 0.29) is 18.8 Å². The minimum Gasteiger partial charge on any atom is -0.493 e. The van der Waals surface area contributed by atoms with Gasteiger partial charge in [-0.15, -0.1) is 0 Å². The fraction of sp³-hybridized carbons (Fsp3) is 0.235. The summed E-state index contributed by atoms with van der Waals surface area (Å²) in [5, 5.41) is 0. The second-order valence-corrected chi connectivity index (χ2v) is 5.16. The van der Waals surface area contributed by atoms with Crippen LogP contribution in [-0.4, -0.2) is 12.9 Å². The summed E-state index contributed by atoms with van der Waals surface area (Å²) < 4.78 is 82.3. The Morgan fingerprint density at radius 1 is 0.920 bits per heavy atom. The van der Waals surface area contributed by atoms with E-state index in [1.54, 1.807) is 0 Å². The van der Waals surface area contributed by atoms with Gasteiger partial charge in [0.15, 0.2) is 0 Å². The minimum atomic E-state index is -4.77. The molecule has 0 saturated heterocycles. The van der Waals surface area contributed by atoms with Crippen LogP contribution in [0.5, 0.6) is 5.75 Å². The molecule has 2 aromatic rings. The van der Waals surface area contributed by atoms with Gasteiger partial charge in [-0.3, -0.25) is 4.79 Å². The van der Waals surface area contributed by atoms with Crippen LogP contribution in [-0.2, 0) is 18.8 Å². The molecule has 0 N–H and O–H groups in total. The van der Waals surface area contributed by atoms with Crippen LogP contribution in [0, 0.1) is 0 Å². The molecule has 0 atom stereocenters. The average Bonchev–Trinajstić information content (AvgIpc) is 2.53. The molecule has 0 spiro atoms. The Bertz CT molecular complexity index is 750. The van der Waals surface area contributed by atoms with Crippen LogP contribution in [0.25, 0.3) is 0 Å². The first-order valence-electron chi connectivity index (χ1n) is 7.06. The van der Waals surface area contributed by atoms with Crippen LogP contribution < -0.4 is 4.74 Å². The number of hydrogen-bond acceptors (Lipinski definition) is 2. The summed E-state index contributed by atoms with van der Waals surface area (Å²) in [5.74, 6) is 0.241. The first-order chi connectivity index (χ1) is 11.6.